The second-order valence-corrected chi connectivity index (χ2v) is 7.62. The molecule has 3 heterocycles. The third-order valence-corrected chi connectivity index (χ3v) is 5.29. The normalized spacial score (nSPS) is 15.6. The molecule has 0 unspecified atom stereocenters. The summed E-state index contributed by atoms with van der Waals surface area (Å²) in [6.07, 6.45) is 1.49. The zero-order valence-electron chi connectivity index (χ0n) is 15.3. The number of H-pyrrole nitrogens is 1. The maximum absolute atomic E-state index is 12.0. The quantitative estimate of drug-likeness (QED) is 0.603. The number of hydrogen-bond acceptors (Lipinski definition) is 7. The molecule has 0 saturated carbocycles. The molecule has 8 nitrogen and oxygen atoms in total. The zero-order chi connectivity index (χ0) is 19.7. The van der Waals surface area contributed by atoms with Gasteiger partial charge in [-0.3, -0.25) is 9.78 Å². The SMILES string of the molecule is CN1CCN(c2ccc(N=Cc3c(O)[nH]c(=O)c4ccc(Br)cc34)nn2)CC1. The molecule has 1 aromatic carbocycles. The van der Waals surface area contributed by atoms with Gasteiger partial charge in [0.05, 0.1) is 5.56 Å². The van der Waals surface area contributed by atoms with Crippen LogP contribution in [0.15, 0.2) is 44.6 Å². The second-order valence-electron chi connectivity index (χ2n) is 6.70. The summed E-state index contributed by atoms with van der Waals surface area (Å²) in [5.74, 6) is 1.02. The molecule has 0 radical (unpaired) electrons. The molecule has 2 N–H and O–H groups in total. The molecule has 3 aromatic rings. The lowest BCUT2D eigenvalue weighted by atomic mass is 10.1. The fourth-order valence-corrected chi connectivity index (χ4v) is 3.52. The third kappa shape index (κ3) is 3.76. The Morgan fingerprint density at radius 3 is 2.64 bits per heavy atom. The number of nitrogens with zero attached hydrogens (tertiary/aromatic N) is 5. The van der Waals surface area contributed by atoms with Gasteiger partial charge in [0.2, 0.25) is 5.88 Å². The molecule has 4 rings (SSSR count). The topological polar surface area (TPSA) is 97.7 Å². The van der Waals surface area contributed by atoms with Crippen LogP contribution < -0.4 is 10.5 Å². The van der Waals surface area contributed by atoms with Crippen LogP contribution in [-0.4, -0.2) is 64.6 Å². The van der Waals surface area contributed by atoms with E-state index in [0.29, 0.717) is 22.2 Å². The average molecular weight is 443 g/mol. The predicted octanol–water partition coefficient (Wildman–Crippen LogP) is 2.29. The lowest BCUT2D eigenvalue weighted by Crippen LogP contribution is -2.44. The van der Waals surface area contributed by atoms with Gasteiger partial charge in [0.1, 0.15) is 0 Å². The van der Waals surface area contributed by atoms with Crippen molar-refractivity contribution >= 4 is 44.6 Å². The summed E-state index contributed by atoms with van der Waals surface area (Å²) in [5, 5.41) is 19.7. The van der Waals surface area contributed by atoms with E-state index in [1.54, 1.807) is 24.3 Å². The van der Waals surface area contributed by atoms with Gasteiger partial charge in [-0.15, -0.1) is 10.2 Å². The van der Waals surface area contributed by atoms with Crippen LogP contribution in [0.2, 0.25) is 0 Å². The molecule has 144 valence electrons. The van der Waals surface area contributed by atoms with E-state index in [0.717, 1.165) is 36.5 Å². The number of benzene rings is 1. The lowest BCUT2D eigenvalue weighted by Gasteiger charge is -2.32. The molecule has 0 amide bonds. The number of piperazine rings is 1. The van der Waals surface area contributed by atoms with E-state index < -0.39 is 0 Å². The Kier molecular flexibility index (Phi) is 5.10. The summed E-state index contributed by atoms with van der Waals surface area (Å²) in [5.41, 5.74) is 0.0642. The zero-order valence-corrected chi connectivity index (χ0v) is 16.8. The maximum atomic E-state index is 12.0. The van der Waals surface area contributed by atoms with Crippen LogP contribution in [-0.2, 0) is 0 Å². The van der Waals surface area contributed by atoms with Gasteiger partial charge in [-0.25, -0.2) is 4.99 Å². The minimum atomic E-state index is -0.353. The van der Waals surface area contributed by atoms with E-state index in [9.17, 15) is 9.90 Å². The van der Waals surface area contributed by atoms with Gasteiger partial charge in [-0.05, 0) is 37.4 Å². The number of likely N-dealkylation sites (N-methyl/N-ethyl adjacent to an activating group) is 1. The Balaban J connectivity index is 1.61. The first-order valence-electron chi connectivity index (χ1n) is 8.87. The molecule has 1 aliphatic rings. The second kappa shape index (κ2) is 7.69. The van der Waals surface area contributed by atoms with Crippen molar-refractivity contribution in [2.75, 3.05) is 38.1 Å². The molecule has 0 aliphatic carbocycles. The van der Waals surface area contributed by atoms with E-state index in [1.807, 2.05) is 6.07 Å². The van der Waals surface area contributed by atoms with Crippen LogP contribution in [0, 0.1) is 0 Å². The van der Waals surface area contributed by atoms with Crippen LogP contribution in [0.25, 0.3) is 10.8 Å². The number of aliphatic imine (C=N–C) groups is 1. The average Bonchev–Trinajstić information content (AvgIpc) is 2.68. The van der Waals surface area contributed by atoms with Crippen LogP contribution in [0.3, 0.4) is 0 Å². The van der Waals surface area contributed by atoms with Crippen LogP contribution in [0.4, 0.5) is 11.6 Å². The number of halogens is 1. The fourth-order valence-electron chi connectivity index (χ4n) is 3.16. The Labute approximate surface area is 169 Å². The third-order valence-electron chi connectivity index (χ3n) is 4.79. The molecule has 0 atom stereocenters. The number of anilines is 1. The largest absolute Gasteiger partial charge is 0.494 e. The number of nitrogens with one attached hydrogen (secondary N) is 1. The molecule has 2 aromatic heterocycles. The summed E-state index contributed by atoms with van der Waals surface area (Å²) in [6, 6.07) is 8.93. The highest BCUT2D eigenvalue weighted by molar-refractivity contribution is 9.10. The lowest BCUT2D eigenvalue weighted by molar-refractivity contribution is 0.312. The Morgan fingerprint density at radius 2 is 1.93 bits per heavy atom. The van der Waals surface area contributed by atoms with Crippen molar-refractivity contribution in [3.63, 3.8) is 0 Å². The van der Waals surface area contributed by atoms with Crippen molar-refractivity contribution < 1.29 is 5.11 Å². The number of fused-ring (bicyclic) bond motifs is 1. The van der Waals surface area contributed by atoms with E-state index >= 15 is 0 Å². The van der Waals surface area contributed by atoms with Gasteiger partial charge < -0.3 is 14.9 Å². The number of rotatable bonds is 3. The highest BCUT2D eigenvalue weighted by Crippen LogP contribution is 2.25. The maximum Gasteiger partial charge on any atom is 0.258 e. The molecular weight excluding hydrogens is 424 g/mol. The van der Waals surface area contributed by atoms with Crippen LogP contribution >= 0.6 is 15.9 Å². The first-order valence-corrected chi connectivity index (χ1v) is 9.66. The molecule has 1 fully saturated rings. The monoisotopic (exact) mass is 442 g/mol. The Hall–Kier alpha value is -2.78. The summed E-state index contributed by atoms with van der Waals surface area (Å²) in [7, 11) is 2.11. The Bertz CT molecular complexity index is 1090. The molecule has 0 bridgehead atoms. The van der Waals surface area contributed by atoms with E-state index in [4.69, 9.17) is 0 Å². The minimum Gasteiger partial charge on any atom is -0.494 e. The molecule has 1 aliphatic heterocycles. The number of hydrogen-bond donors (Lipinski definition) is 2. The van der Waals surface area contributed by atoms with Gasteiger partial charge >= 0.3 is 0 Å². The minimum absolute atomic E-state index is 0.235. The number of aromatic nitrogens is 3. The summed E-state index contributed by atoms with van der Waals surface area (Å²) in [4.78, 5) is 23.3. The van der Waals surface area contributed by atoms with E-state index in [2.05, 4.69) is 53.0 Å². The van der Waals surface area contributed by atoms with Gasteiger partial charge in [0.25, 0.3) is 5.56 Å². The first-order chi connectivity index (χ1) is 13.5. The van der Waals surface area contributed by atoms with E-state index in [1.165, 1.54) is 6.21 Å². The number of aromatic amines is 1. The van der Waals surface area contributed by atoms with Crippen molar-refractivity contribution in [2.24, 2.45) is 4.99 Å². The molecule has 0 spiro atoms. The first kappa shape index (κ1) is 18.6. The standard InChI is InChI=1S/C19H19BrN6O2/c1-25-6-8-26(9-7-25)17-5-4-16(23-24-17)21-11-15-14-10-12(20)2-3-13(14)18(27)22-19(15)28/h2-5,10-11H,6-9H2,1H3,(H2,22,27,28). The van der Waals surface area contributed by atoms with Gasteiger partial charge in [-0.2, -0.15) is 0 Å². The van der Waals surface area contributed by atoms with Gasteiger partial charge in [-0.1, -0.05) is 15.9 Å². The van der Waals surface area contributed by atoms with Crippen molar-refractivity contribution in [2.45, 2.75) is 0 Å². The highest BCUT2D eigenvalue weighted by Gasteiger charge is 2.15. The van der Waals surface area contributed by atoms with Gasteiger partial charge in [0.15, 0.2) is 11.6 Å². The van der Waals surface area contributed by atoms with Crippen LogP contribution in [0.5, 0.6) is 5.88 Å². The summed E-state index contributed by atoms with van der Waals surface area (Å²) >= 11 is 3.39. The van der Waals surface area contributed by atoms with E-state index in [-0.39, 0.29) is 11.4 Å². The predicted molar refractivity (Wildman–Crippen MR) is 113 cm³/mol. The molecule has 28 heavy (non-hydrogen) atoms. The molecule has 9 heteroatoms. The fraction of sp³-hybridized carbons (Fsp3) is 0.263. The number of pyridine rings is 1. The van der Waals surface area contributed by atoms with Crippen LogP contribution in [0.1, 0.15) is 5.56 Å². The van der Waals surface area contributed by atoms with Crippen molar-refractivity contribution in [1.82, 2.24) is 20.1 Å². The molecular formula is C19H19BrN6O2. The highest BCUT2D eigenvalue weighted by atomic mass is 79.9. The summed E-state index contributed by atoms with van der Waals surface area (Å²) < 4.78 is 0.802. The van der Waals surface area contributed by atoms with Crippen molar-refractivity contribution in [1.29, 1.82) is 0 Å². The Morgan fingerprint density at radius 1 is 1.14 bits per heavy atom. The summed E-state index contributed by atoms with van der Waals surface area (Å²) in [6.45, 7) is 3.82. The smallest absolute Gasteiger partial charge is 0.258 e. The molecule has 1 saturated heterocycles. The van der Waals surface area contributed by atoms with Crippen molar-refractivity contribution in [3.8, 4) is 5.88 Å². The van der Waals surface area contributed by atoms with Gasteiger partial charge in [0, 0.05) is 47.6 Å². The number of aromatic hydroxyl groups is 1. The van der Waals surface area contributed by atoms with Crippen molar-refractivity contribution in [3.05, 3.63) is 50.7 Å².